The van der Waals surface area contributed by atoms with Gasteiger partial charge in [0.25, 0.3) is 5.91 Å². The molecule has 2 N–H and O–H groups in total. The van der Waals surface area contributed by atoms with E-state index in [4.69, 9.17) is 16.3 Å². The summed E-state index contributed by atoms with van der Waals surface area (Å²) in [5.74, 6) is -0.673. The maximum Gasteiger partial charge on any atom is 0.274 e. The van der Waals surface area contributed by atoms with E-state index in [9.17, 15) is 9.18 Å². The first-order chi connectivity index (χ1) is 10.6. The van der Waals surface area contributed by atoms with Gasteiger partial charge in [0, 0.05) is 25.5 Å². The zero-order valence-corrected chi connectivity index (χ0v) is 12.5. The molecule has 0 aliphatic rings. The van der Waals surface area contributed by atoms with Crippen molar-refractivity contribution in [2.45, 2.75) is 0 Å². The van der Waals surface area contributed by atoms with Crippen LogP contribution in [0.4, 0.5) is 16.0 Å². The van der Waals surface area contributed by atoms with Crippen LogP contribution in [-0.4, -0.2) is 36.1 Å². The number of aromatic nitrogens is 2. The van der Waals surface area contributed by atoms with Gasteiger partial charge in [0.05, 0.1) is 11.6 Å². The lowest BCUT2D eigenvalue weighted by molar-refractivity contribution is 0.102. The van der Waals surface area contributed by atoms with Gasteiger partial charge in [0.2, 0.25) is 5.95 Å². The molecule has 0 aliphatic heterocycles. The van der Waals surface area contributed by atoms with E-state index >= 15 is 0 Å². The molecule has 0 saturated heterocycles. The number of rotatable bonds is 6. The molecule has 1 aromatic heterocycles. The summed E-state index contributed by atoms with van der Waals surface area (Å²) in [4.78, 5) is 20.2. The van der Waals surface area contributed by atoms with Gasteiger partial charge in [0.1, 0.15) is 11.5 Å². The molecule has 0 aliphatic carbocycles. The molecule has 0 radical (unpaired) electrons. The van der Waals surface area contributed by atoms with Crippen molar-refractivity contribution < 1.29 is 13.9 Å². The standard InChI is InChI=1S/C14H14ClFN4O2/c1-22-7-6-18-14-17-5-4-12(20-14)13(21)19-9-2-3-11(16)10(15)8-9/h2-5,8H,6-7H2,1H3,(H,19,21)(H,17,18,20). The van der Waals surface area contributed by atoms with Gasteiger partial charge in [0.15, 0.2) is 0 Å². The number of nitrogens with zero attached hydrogens (tertiary/aromatic N) is 2. The predicted octanol–water partition coefficient (Wildman–Crippen LogP) is 2.58. The molecule has 1 aromatic carbocycles. The molecule has 0 saturated carbocycles. The summed E-state index contributed by atoms with van der Waals surface area (Å²) in [6.07, 6.45) is 1.47. The molecule has 0 atom stereocenters. The van der Waals surface area contributed by atoms with Gasteiger partial charge in [-0.25, -0.2) is 14.4 Å². The third-order valence-electron chi connectivity index (χ3n) is 2.65. The van der Waals surface area contributed by atoms with Gasteiger partial charge < -0.3 is 15.4 Å². The average molecular weight is 325 g/mol. The van der Waals surface area contributed by atoms with E-state index in [1.54, 1.807) is 7.11 Å². The normalized spacial score (nSPS) is 10.3. The number of ether oxygens (including phenoxy) is 1. The Morgan fingerprint density at radius 3 is 2.95 bits per heavy atom. The maximum atomic E-state index is 13.1. The quantitative estimate of drug-likeness (QED) is 0.799. The van der Waals surface area contributed by atoms with Crippen molar-refractivity contribution in [1.82, 2.24) is 9.97 Å². The first-order valence-corrected chi connectivity index (χ1v) is 6.80. The molecule has 2 rings (SSSR count). The molecule has 116 valence electrons. The lowest BCUT2D eigenvalue weighted by Gasteiger charge is -2.07. The van der Waals surface area contributed by atoms with E-state index in [2.05, 4.69) is 20.6 Å². The monoisotopic (exact) mass is 324 g/mol. The largest absolute Gasteiger partial charge is 0.383 e. The number of carbonyl (C=O) groups excluding carboxylic acids is 1. The third kappa shape index (κ3) is 4.37. The van der Waals surface area contributed by atoms with Gasteiger partial charge in [-0.1, -0.05) is 11.6 Å². The molecule has 0 unspecified atom stereocenters. The van der Waals surface area contributed by atoms with Crippen LogP contribution in [0, 0.1) is 5.82 Å². The van der Waals surface area contributed by atoms with Crippen LogP contribution in [0.5, 0.6) is 0 Å². The van der Waals surface area contributed by atoms with Crippen LogP contribution in [0.3, 0.4) is 0 Å². The smallest absolute Gasteiger partial charge is 0.274 e. The highest BCUT2D eigenvalue weighted by atomic mass is 35.5. The first-order valence-electron chi connectivity index (χ1n) is 6.42. The van der Waals surface area contributed by atoms with Gasteiger partial charge in [-0.15, -0.1) is 0 Å². The summed E-state index contributed by atoms with van der Waals surface area (Å²) < 4.78 is 18.0. The van der Waals surface area contributed by atoms with Gasteiger partial charge in [-0.05, 0) is 24.3 Å². The van der Waals surface area contributed by atoms with Gasteiger partial charge in [-0.3, -0.25) is 4.79 Å². The molecule has 2 aromatic rings. The van der Waals surface area contributed by atoms with Crippen molar-refractivity contribution in [2.75, 3.05) is 30.9 Å². The summed E-state index contributed by atoms with van der Waals surface area (Å²) in [7, 11) is 1.58. The van der Waals surface area contributed by atoms with Crippen LogP contribution in [0.2, 0.25) is 5.02 Å². The van der Waals surface area contributed by atoms with Crippen molar-refractivity contribution in [2.24, 2.45) is 0 Å². The van der Waals surface area contributed by atoms with E-state index in [1.165, 1.54) is 30.5 Å². The fourth-order valence-corrected chi connectivity index (χ4v) is 1.78. The van der Waals surface area contributed by atoms with E-state index in [1.807, 2.05) is 0 Å². The molecule has 0 bridgehead atoms. The number of amides is 1. The second-order valence-electron chi connectivity index (χ2n) is 4.27. The predicted molar refractivity (Wildman–Crippen MR) is 81.8 cm³/mol. The molecular weight excluding hydrogens is 311 g/mol. The van der Waals surface area contributed by atoms with Crippen molar-refractivity contribution in [1.29, 1.82) is 0 Å². The average Bonchev–Trinajstić information content (AvgIpc) is 2.51. The SMILES string of the molecule is COCCNc1nccc(C(=O)Nc2ccc(F)c(Cl)c2)n1. The van der Waals surface area contributed by atoms with Gasteiger partial charge >= 0.3 is 0 Å². The minimum absolute atomic E-state index is 0.0672. The fourth-order valence-electron chi connectivity index (χ4n) is 1.60. The van der Waals surface area contributed by atoms with E-state index in [0.29, 0.717) is 24.8 Å². The number of hydrogen-bond acceptors (Lipinski definition) is 5. The lowest BCUT2D eigenvalue weighted by atomic mass is 10.3. The summed E-state index contributed by atoms with van der Waals surface area (Å²) in [6.45, 7) is 1.02. The zero-order valence-electron chi connectivity index (χ0n) is 11.8. The van der Waals surface area contributed by atoms with Crippen molar-refractivity contribution in [3.8, 4) is 0 Å². The Morgan fingerprint density at radius 1 is 1.41 bits per heavy atom. The number of carbonyl (C=O) groups is 1. The number of nitrogens with one attached hydrogen (secondary N) is 2. The van der Waals surface area contributed by atoms with Crippen LogP contribution in [0.1, 0.15) is 10.5 Å². The molecule has 1 amide bonds. The Balaban J connectivity index is 2.05. The highest BCUT2D eigenvalue weighted by Gasteiger charge is 2.10. The number of methoxy groups -OCH3 is 1. The van der Waals surface area contributed by atoms with Crippen molar-refractivity contribution >= 4 is 29.1 Å². The van der Waals surface area contributed by atoms with Crippen LogP contribution >= 0.6 is 11.6 Å². The summed E-state index contributed by atoms with van der Waals surface area (Å²) >= 11 is 5.67. The number of benzene rings is 1. The van der Waals surface area contributed by atoms with E-state index < -0.39 is 11.7 Å². The molecule has 6 nitrogen and oxygen atoms in total. The Kier molecular flexibility index (Phi) is 5.62. The fraction of sp³-hybridized carbons (Fsp3) is 0.214. The van der Waals surface area contributed by atoms with Crippen LogP contribution in [0.25, 0.3) is 0 Å². The molecular formula is C14H14ClFN4O2. The number of halogens is 2. The minimum atomic E-state index is -0.550. The summed E-state index contributed by atoms with van der Waals surface area (Å²) in [5, 5.41) is 5.44. The molecule has 22 heavy (non-hydrogen) atoms. The topological polar surface area (TPSA) is 76.1 Å². The van der Waals surface area contributed by atoms with Crippen LogP contribution in [-0.2, 0) is 4.74 Å². The van der Waals surface area contributed by atoms with Crippen molar-refractivity contribution in [3.63, 3.8) is 0 Å². The van der Waals surface area contributed by atoms with Crippen LogP contribution < -0.4 is 10.6 Å². The second kappa shape index (κ2) is 7.67. The Hall–Kier alpha value is -2.25. The molecule has 0 fully saturated rings. The minimum Gasteiger partial charge on any atom is -0.383 e. The number of hydrogen-bond donors (Lipinski definition) is 2. The maximum absolute atomic E-state index is 13.1. The second-order valence-corrected chi connectivity index (χ2v) is 4.68. The van der Waals surface area contributed by atoms with Crippen molar-refractivity contribution in [3.05, 3.63) is 47.0 Å². The zero-order chi connectivity index (χ0) is 15.9. The Labute approximate surface area is 131 Å². The van der Waals surface area contributed by atoms with E-state index in [0.717, 1.165) is 0 Å². The number of anilines is 2. The molecule has 8 heteroatoms. The van der Waals surface area contributed by atoms with Crippen LogP contribution in [0.15, 0.2) is 30.5 Å². The molecule has 0 spiro atoms. The Morgan fingerprint density at radius 2 is 2.23 bits per heavy atom. The summed E-state index contributed by atoms with van der Waals surface area (Å²) in [6, 6.07) is 5.39. The first kappa shape index (κ1) is 16.1. The third-order valence-corrected chi connectivity index (χ3v) is 2.94. The Bertz CT molecular complexity index is 669. The van der Waals surface area contributed by atoms with E-state index in [-0.39, 0.29) is 10.7 Å². The lowest BCUT2D eigenvalue weighted by Crippen LogP contribution is -2.16. The highest BCUT2D eigenvalue weighted by molar-refractivity contribution is 6.31. The molecule has 1 heterocycles. The van der Waals surface area contributed by atoms with Gasteiger partial charge in [-0.2, -0.15) is 0 Å². The highest BCUT2D eigenvalue weighted by Crippen LogP contribution is 2.19. The summed E-state index contributed by atoms with van der Waals surface area (Å²) in [5.41, 5.74) is 0.555.